The zero-order chi connectivity index (χ0) is 26.5. The molecule has 0 bridgehead atoms. The third-order valence-electron chi connectivity index (χ3n) is 5.56. The number of carbonyl (C=O) groups excluding carboxylic acids is 2. The first-order valence-electron chi connectivity index (χ1n) is 12.5. The number of para-hydroxylation sites is 1. The van der Waals surface area contributed by atoms with Crippen LogP contribution in [0.25, 0.3) is 21.9 Å². The van der Waals surface area contributed by atoms with Crippen molar-refractivity contribution in [3.05, 3.63) is 30.1 Å². The predicted molar refractivity (Wildman–Crippen MR) is 141 cm³/mol. The van der Waals surface area contributed by atoms with Crippen LogP contribution in [0.15, 0.2) is 24.3 Å². The van der Waals surface area contributed by atoms with Gasteiger partial charge in [-0.1, -0.05) is 18.2 Å². The molecule has 12 nitrogen and oxygen atoms in total. The highest BCUT2D eigenvalue weighted by Crippen LogP contribution is 2.28. The Morgan fingerprint density at radius 2 is 1.65 bits per heavy atom. The van der Waals surface area contributed by atoms with Crippen LogP contribution in [0.5, 0.6) is 0 Å². The van der Waals surface area contributed by atoms with E-state index in [-0.39, 0.29) is 24.7 Å². The standard InChI is InChI=1S/C25H37N7O5/c1-2-35-17-20-31-23-24(18-5-3-4-6-19(18)30-25(23)27)32(20)12-10-28-21(33)7-8-22(34)29-11-14-37-16-15-36-13-9-26/h3-6H,2,7-17,26H2,1H3,(H2,27,30)(H,28,33)(H,29,34). The number of nitrogens with one attached hydrogen (secondary N) is 2. The Kier molecular flexibility index (Phi) is 11.5. The third-order valence-corrected chi connectivity index (χ3v) is 5.56. The first-order chi connectivity index (χ1) is 18.0. The number of aromatic nitrogens is 3. The van der Waals surface area contributed by atoms with Crippen LogP contribution in [-0.4, -0.2) is 79.0 Å². The molecule has 37 heavy (non-hydrogen) atoms. The number of ether oxygens (including phenoxy) is 3. The molecule has 3 rings (SSSR count). The normalized spacial score (nSPS) is 11.3. The molecular formula is C25H37N7O5. The summed E-state index contributed by atoms with van der Waals surface area (Å²) in [6, 6.07) is 7.73. The number of anilines is 1. The molecule has 1 aromatic carbocycles. The van der Waals surface area contributed by atoms with Gasteiger partial charge in [0.25, 0.3) is 0 Å². The molecular weight excluding hydrogens is 478 g/mol. The molecule has 0 fully saturated rings. The van der Waals surface area contributed by atoms with E-state index in [1.54, 1.807) is 0 Å². The minimum Gasteiger partial charge on any atom is -0.382 e. The van der Waals surface area contributed by atoms with Gasteiger partial charge in [0.2, 0.25) is 11.8 Å². The number of hydrogen-bond donors (Lipinski definition) is 4. The van der Waals surface area contributed by atoms with E-state index in [4.69, 9.17) is 25.7 Å². The number of hydrogen-bond acceptors (Lipinski definition) is 9. The second-order valence-electron chi connectivity index (χ2n) is 8.24. The van der Waals surface area contributed by atoms with Crippen LogP contribution in [-0.2, 0) is 37.0 Å². The number of imidazole rings is 1. The number of nitrogens with zero attached hydrogens (tertiary/aromatic N) is 3. The summed E-state index contributed by atoms with van der Waals surface area (Å²) in [4.78, 5) is 33.5. The largest absolute Gasteiger partial charge is 0.382 e. The van der Waals surface area contributed by atoms with E-state index in [0.29, 0.717) is 83.0 Å². The van der Waals surface area contributed by atoms with E-state index < -0.39 is 0 Å². The van der Waals surface area contributed by atoms with Crippen molar-refractivity contribution in [2.75, 3.05) is 58.4 Å². The Labute approximate surface area is 216 Å². The molecule has 0 unspecified atom stereocenters. The topological polar surface area (TPSA) is 169 Å². The molecule has 0 aliphatic heterocycles. The molecule has 0 atom stereocenters. The van der Waals surface area contributed by atoms with Gasteiger partial charge in [0.15, 0.2) is 5.82 Å². The molecule has 2 aromatic heterocycles. The van der Waals surface area contributed by atoms with Crippen molar-refractivity contribution < 1.29 is 23.8 Å². The van der Waals surface area contributed by atoms with Gasteiger partial charge >= 0.3 is 0 Å². The lowest BCUT2D eigenvalue weighted by Crippen LogP contribution is -2.31. The lowest BCUT2D eigenvalue weighted by molar-refractivity contribution is -0.126. The first-order valence-corrected chi connectivity index (χ1v) is 12.5. The Balaban J connectivity index is 1.48. The number of rotatable bonds is 17. The average Bonchev–Trinajstić information content (AvgIpc) is 3.27. The summed E-state index contributed by atoms with van der Waals surface area (Å²) in [6.07, 6.45) is 0.192. The van der Waals surface area contributed by atoms with Gasteiger partial charge in [0.05, 0.1) is 37.5 Å². The van der Waals surface area contributed by atoms with Crippen LogP contribution in [0, 0.1) is 0 Å². The Morgan fingerprint density at radius 1 is 0.946 bits per heavy atom. The fraction of sp³-hybridized carbons (Fsp3) is 0.520. The summed E-state index contributed by atoms with van der Waals surface area (Å²) < 4.78 is 18.2. The van der Waals surface area contributed by atoms with Crippen LogP contribution in [0.2, 0.25) is 0 Å². The van der Waals surface area contributed by atoms with Gasteiger partial charge in [-0.15, -0.1) is 0 Å². The van der Waals surface area contributed by atoms with Crippen molar-refractivity contribution >= 4 is 39.6 Å². The Bertz CT molecular complexity index is 1170. The van der Waals surface area contributed by atoms with E-state index in [9.17, 15) is 9.59 Å². The molecule has 6 N–H and O–H groups in total. The Hall–Kier alpha value is -3.32. The lowest BCUT2D eigenvalue weighted by atomic mass is 10.2. The van der Waals surface area contributed by atoms with Crippen molar-refractivity contribution in [2.24, 2.45) is 5.73 Å². The van der Waals surface area contributed by atoms with Gasteiger partial charge in [-0.25, -0.2) is 9.97 Å². The quantitative estimate of drug-likeness (QED) is 0.189. The number of benzene rings is 1. The SMILES string of the molecule is CCOCc1nc2c(N)nc3ccccc3c2n1CCNC(=O)CCC(=O)NCCOCCOCCN. The van der Waals surface area contributed by atoms with Crippen molar-refractivity contribution in [1.82, 2.24) is 25.2 Å². The van der Waals surface area contributed by atoms with Gasteiger partial charge in [-0.3, -0.25) is 9.59 Å². The van der Waals surface area contributed by atoms with E-state index in [1.807, 2.05) is 35.8 Å². The maximum Gasteiger partial charge on any atom is 0.220 e. The molecule has 0 radical (unpaired) electrons. The maximum atomic E-state index is 12.3. The summed E-state index contributed by atoms with van der Waals surface area (Å²) >= 11 is 0. The average molecular weight is 516 g/mol. The summed E-state index contributed by atoms with van der Waals surface area (Å²) in [6.45, 7) is 6.25. The van der Waals surface area contributed by atoms with Gasteiger partial charge < -0.3 is 40.9 Å². The highest BCUT2D eigenvalue weighted by molar-refractivity contribution is 6.06. The molecule has 0 saturated carbocycles. The van der Waals surface area contributed by atoms with Crippen molar-refractivity contribution in [2.45, 2.75) is 32.9 Å². The van der Waals surface area contributed by atoms with Crippen LogP contribution < -0.4 is 22.1 Å². The molecule has 202 valence electrons. The molecule has 0 spiro atoms. The monoisotopic (exact) mass is 515 g/mol. The predicted octanol–water partition coefficient (Wildman–Crippen LogP) is 0.708. The second-order valence-corrected chi connectivity index (χ2v) is 8.24. The first kappa shape index (κ1) is 28.3. The second kappa shape index (κ2) is 15.1. The zero-order valence-corrected chi connectivity index (χ0v) is 21.3. The molecule has 0 aliphatic carbocycles. The van der Waals surface area contributed by atoms with Crippen LogP contribution in [0.1, 0.15) is 25.6 Å². The van der Waals surface area contributed by atoms with E-state index in [1.165, 1.54) is 0 Å². The summed E-state index contributed by atoms with van der Waals surface area (Å²) in [5.41, 5.74) is 13.8. The van der Waals surface area contributed by atoms with Gasteiger partial charge in [0.1, 0.15) is 17.9 Å². The van der Waals surface area contributed by atoms with E-state index in [0.717, 1.165) is 16.4 Å². The third kappa shape index (κ3) is 8.35. The molecule has 2 heterocycles. The zero-order valence-electron chi connectivity index (χ0n) is 21.3. The van der Waals surface area contributed by atoms with Crippen LogP contribution >= 0.6 is 0 Å². The van der Waals surface area contributed by atoms with Crippen LogP contribution in [0.3, 0.4) is 0 Å². The number of nitrogens with two attached hydrogens (primary N) is 2. The molecule has 0 saturated heterocycles. The van der Waals surface area contributed by atoms with E-state index in [2.05, 4.69) is 20.6 Å². The van der Waals surface area contributed by atoms with E-state index >= 15 is 0 Å². The summed E-state index contributed by atoms with van der Waals surface area (Å²) in [5.74, 6) is 0.659. The fourth-order valence-corrected chi connectivity index (χ4v) is 3.83. The van der Waals surface area contributed by atoms with Crippen molar-refractivity contribution in [3.8, 4) is 0 Å². The molecule has 3 aromatic rings. The van der Waals surface area contributed by atoms with Crippen molar-refractivity contribution in [3.63, 3.8) is 0 Å². The van der Waals surface area contributed by atoms with Crippen molar-refractivity contribution in [1.29, 1.82) is 0 Å². The smallest absolute Gasteiger partial charge is 0.220 e. The Morgan fingerprint density at radius 3 is 2.38 bits per heavy atom. The molecule has 2 amide bonds. The number of amides is 2. The van der Waals surface area contributed by atoms with Gasteiger partial charge in [-0.2, -0.15) is 0 Å². The summed E-state index contributed by atoms with van der Waals surface area (Å²) in [7, 11) is 0. The van der Waals surface area contributed by atoms with Gasteiger partial charge in [-0.05, 0) is 13.0 Å². The highest BCUT2D eigenvalue weighted by atomic mass is 16.5. The maximum absolute atomic E-state index is 12.3. The molecule has 0 aliphatic rings. The highest BCUT2D eigenvalue weighted by Gasteiger charge is 2.17. The summed E-state index contributed by atoms with van der Waals surface area (Å²) in [5, 5.41) is 6.55. The van der Waals surface area contributed by atoms with Gasteiger partial charge in [0, 0.05) is 51.0 Å². The number of nitrogen functional groups attached to an aromatic ring is 1. The minimum absolute atomic E-state index is 0.0932. The number of carbonyl (C=O) groups is 2. The molecule has 12 heteroatoms. The number of fused-ring (bicyclic) bond motifs is 3. The van der Waals surface area contributed by atoms with Crippen LogP contribution in [0.4, 0.5) is 5.82 Å². The minimum atomic E-state index is -0.203. The lowest BCUT2D eigenvalue weighted by Gasteiger charge is -2.12. The number of pyridine rings is 1. The fourth-order valence-electron chi connectivity index (χ4n) is 3.83.